The van der Waals surface area contributed by atoms with E-state index < -0.39 is 0 Å². The van der Waals surface area contributed by atoms with Crippen LogP contribution in [0.15, 0.2) is 28.6 Å². The van der Waals surface area contributed by atoms with Gasteiger partial charge in [0.1, 0.15) is 0 Å². The average Bonchev–Trinajstić information content (AvgIpc) is 2.70. The van der Waals surface area contributed by atoms with E-state index in [1.54, 1.807) is 17.6 Å². The lowest BCUT2D eigenvalue weighted by Gasteiger charge is -1.97. The molecule has 2 heterocycles. The van der Waals surface area contributed by atoms with Crippen LogP contribution >= 0.6 is 11.3 Å². The summed E-state index contributed by atoms with van der Waals surface area (Å²) in [4.78, 5) is 4.24. The van der Waals surface area contributed by atoms with E-state index in [0.717, 1.165) is 11.3 Å². The molecule has 0 saturated carbocycles. The first-order chi connectivity index (χ1) is 6.36. The van der Waals surface area contributed by atoms with Crippen LogP contribution in [0.1, 0.15) is 5.56 Å². The number of hydrogen-bond donors (Lipinski definition) is 1. The van der Waals surface area contributed by atoms with Crippen LogP contribution in [0.5, 0.6) is 0 Å². The molecule has 1 aliphatic rings. The number of fused-ring (bicyclic) bond motifs is 3. The smallest absolute Gasteiger partial charge is 0.0817 e. The molecule has 13 heavy (non-hydrogen) atoms. The quantitative estimate of drug-likeness (QED) is 0.656. The Morgan fingerprint density at radius 1 is 1.23 bits per heavy atom. The van der Waals surface area contributed by atoms with Crippen molar-refractivity contribution in [2.24, 2.45) is 4.99 Å². The van der Waals surface area contributed by atoms with Crippen molar-refractivity contribution in [2.75, 3.05) is 0 Å². The van der Waals surface area contributed by atoms with E-state index in [2.05, 4.69) is 22.5 Å². The summed E-state index contributed by atoms with van der Waals surface area (Å²) in [6.07, 6.45) is 1.61. The number of nitrogens with zero attached hydrogens (tertiary/aromatic N) is 1. The minimum atomic E-state index is 0.517. The van der Waals surface area contributed by atoms with Gasteiger partial charge in [0.25, 0.3) is 0 Å². The van der Waals surface area contributed by atoms with Gasteiger partial charge in [0, 0.05) is 15.6 Å². The largest absolute Gasteiger partial charge is 0.299 e. The third-order valence-electron chi connectivity index (χ3n) is 2.22. The van der Waals surface area contributed by atoms with E-state index in [-0.39, 0.29) is 0 Å². The summed E-state index contributed by atoms with van der Waals surface area (Å²) in [5.41, 5.74) is 2.43. The second kappa shape index (κ2) is 2.26. The zero-order chi connectivity index (χ0) is 8.84. The summed E-state index contributed by atoms with van der Waals surface area (Å²) in [5.74, 6) is 0. The topological polar surface area (TPSA) is 36.2 Å². The molecular weight excluding hydrogens is 180 g/mol. The van der Waals surface area contributed by atoms with Crippen molar-refractivity contribution >= 4 is 39.0 Å². The van der Waals surface area contributed by atoms with Crippen LogP contribution in [-0.2, 0) is 0 Å². The Kier molecular flexibility index (Phi) is 1.21. The molecule has 3 rings (SSSR count). The molecule has 0 aliphatic carbocycles. The van der Waals surface area contributed by atoms with Crippen molar-refractivity contribution in [3.63, 3.8) is 0 Å². The average molecular weight is 186 g/mol. The minimum Gasteiger partial charge on any atom is -0.299 e. The Morgan fingerprint density at radius 2 is 2.15 bits per heavy atom. The second-order valence-corrected chi connectivity index (χ2v) is 3.91. The molecule has 0 atom stereocenters. The molecule has 0 fully saturated rings. The van der Waals surface area contributed by atoms with E-state index >= 15 is 0 Å². The van der Waals surface area contributed by atoms with Crippen molar-refractivity contribution in [3.8, 4) is 0 Å². The third-order valence-corrected chi connectivity index (χ3v) is 3.10. The highest BCUT2D eigenvalue weighted by Crippen LogP contribution is 2.35. The van der Waals surface area contributed by atoms with Crippen LogP contribution in [0.3, 0.4) is 0 Å². The standard InChI is InChI=1S/C10H6N2S/c11-8-5-12-10-6(8)1-2-9-7(10)3-4-13-9/h1-5,11H. The van der Waals surface area contributed by atoms with Crippen molar-refractivity contribution in [1.29, 1.82) is 5.41 Å². The van der Waals surface area contributed by atoms with Crippen molar-refractivity contribution in [3.05, 3.63) is 29.1 Å². The highest BCUT2D eigenvalue weighted by molar-refractivity contribution is 7.17. The van der Waals surface area contributed by atoms with Gasteiger partial charge in [-0.05, 0) is 23.6 Å². The van der Waals surface area contributed by atoms with Gasteiger partial charge in [0.15, 0.2) is 0 Å². The first kappa shape index (κ1) is 6.97. The molecule has 0 bridgehead atoms. The monoisotopic (exact) mass is 186 g/mol. The molecule has 0 saturated heterocycles. The zero-order valence-electron chi connectivity index (χ0n) is 6.74. The third kappa shape index (κ3) is 0.820. The second-order valence-electron chi connectivity index (χ2n) is 2.97. The molecule has 1 aromatic carbocycles. The Labute approximate surface area is 79.1 Å². The van der Waals surface area contributed by atoms with Crippen LogP contribution in [0.4, 0.5) is 5.69 Å². The molecule has 0 spiro atoms. The molecule has 0 unspecified atom stereocenters. The van der Waals surface area contributed by atoms with Gasteiger partial charge < -0.3 is 0 Å². The number of thiophene rings is 1. The molecule has 2 nitrogen and oxygen atoms in total. The van der Waals surface area contributed by atoms with Crippen LogP contribution in [0, 0.1) is 5.41 Å². The molecule has 2 aromatic rings. The molecule has 1 N–H and O–H groups in total. The number of hydrogen-bond acceptors (Lipinski definition) is 3. The molecule has 3 heteroatoms. The first-order valence-corrected chi connectivity index (χ1v) is 4.87. The van der Waals surface area contributed by atoms with E-state index in [0.29, 0.717) is 5.71 Å². The van der Waals surface area contributed by atoms with Crippen LogP contribution in [0.2, 0.25) is 0 Å². The predicted octanol–water partition coefficient (Wildman–Crippen LogP) is 2.99. The Morgan fingerprint density at radius 3 is 3.08 bits per heavy atom. The zero-order valence-corrected chi connectivity index (χ0v) is 7.56. The van der Waals surface area contributed by atoms with Gasteiger partial charge in [-0.2, -0.15) is 0 Å². The van der Waals surface area contributed by atoms with E-state index in [1.807, 2.05) is 6.07 Å². The van der Waals surface area contributed by atoms with Crippen LogP contribution in [0.25, 0.3) is 10.1 Å². The SMILES string of the molecule is N=C1C=Nc2c1ccc1sccc21. The van der Waals surface area contributed by atoms with Gasteiger partial charge in [-0.1, -0.05) is 0 Å². The van der Waals surface area contributed by atoms with Gasteiger partial charge in [-0.25, -0.2) is 0 Å². The molecule has 1 aromatic heterocycles. The fraction of sp³-hybridized carbons (Fsp3) is 0. The lowest BCUT2D eigenvalue weighted by molar-refractivity contribution is 1.53. The maximum Gasteiger partial charge on any atom is 0.0817 e. The molecule has 62 valence electrons. The van der Waals surface area contributed by atoms with Gasteiger partial charge in [0.05, 0.1) is 17.6 Å². The summed E-state index contributed by atoms with van der Waals surface area (Å²) in [6, 6.07) is 6.10. The molecular formula is C10H6N2S. The van der Waals surface area contributed by atoms with Crippen molar-refractivity contribution in [2.45, 2.75) is 0 Å². The van der Waals surface area contributed by atoms with Gasteiger partial charge in [-0.3, -0.25) is 10.4 Å². The fourth-order valence-corrected chi connectivity index (χ4v) is 2.37. The predicted molar refractivity (Wildman–Crippen MR) is 56.8 cm³/mol. The van der Waals surface area contributed by atoms with E-state index in [9.17, 15) is 0 Å². The Balaban J connectivity index is 2.52. The Hall–Kier alpha value is -1.48. The summed E-state index contributed by atoms with van der Waals surface area (Å²) in [5, 5.41) is 10.8. The number of aliphatic imine (C=N–C) groups is 1. The Bertz CT molecular complexity index is 537. The summed E-state index contributed by atoms with van der Waals surface area (Å²) in [7, 11) is 0. The normalized spacial score (nSPS) is 14.0. The van der Waals surface area contributed by atoms with Gasteiger partial charge >= 0.3 is 0 Å². The van der Waals surface area contributed by atoms with Crippen molar-refractivity contribution in [1.82, 2.24) is 0 Å². The first-order valence-electron chi connectivity index (χ1n) is 3.99. The summed E-state index contributed by atoms with van der Waals surface area (Å²) in [6.45, 7) is 0. The molecule has 0 amide bonds. The van der Waals surface area contributed by atoms with Crippen LogP contribution in [-0.4, -0.2) is 11.9 Å². The number of nitrogens with one attached hydrogen (secondary N) is 1. The van der Waals surface area contributed by atoms with E-state index in [4.69, 9.17) is 5.41 Å². The van der Waals surface area contributed by atoms with Crippen molar-refractivity contribution < 1.29 is 0 Å². The minimum absolute atomic E-state index is 0.517. The highest BCUT2D eigenvalue weighted by atomic mass is 32.1. The maximum absolute atomic E-state index is 7.61. The fourth-order valence-electron chi connectivity index (χ4n) is 1.58. The maximum atomic E-state index is 7.61. The summed E-state index contributed by atoms with van der Waals surface area (Å²) < 4.78 is 1.24. The number of rotatable bonds is 0. The molecule has 0 radical (unpaired) electrons. The van der Waals surface area contributed by atoms with E-state index in [1.165, 1.54) is 10.1 Å². The lowest BCUT2D eigenvalue weighted by atomic mass is 10.1. The summed E-state index contributed by atoms with van der Waals surface area (Å²) >= 11 is 1.71. The molecule has 1 aliphatic heterocycles. The lowest BCUT2D eigenvalue weighted by Crippen LogP contribution is -1.92. The van der Waals surface area contributed by atoms with Gasteiger partial charge in [0.2, 0.25) is 0 Å². The number of benzene rings is 1. The highest BCUT2D eigenvalue weighted by Gasteiger charge is 2.14. The van der Waals surface area contributed by atoms with Gasteiger partial charge in [-0.15, -0.1) is 11.3 Å². The van der Waals surface area contributed by atoms with Crippen LogP contribution < -0.4 is 0 Å².